The molecular formula is C28H21ClN6O. The van der Waals surface area contributed by atoms with Crippen molar-refractivity contribution in [3.05, 3.63) is 113 Å². The van der Waals surface area contributed by atoms with E-state index in [0.29, 0.717) is 22.0 Å². The number of ketones is 1. The summed E-state index contributed by atoms with van der Waals surface area (Å²) in [5.41, 5.74) is 10.4. The van der Waals surface area contributed by atoms with E-state index in [0.717, 1.165) is 11.3 Å². The van der Waals surface area contributed by atoms with Crippen LogP contribution in [0.3, 0.4) is 0 Å². The molecule has 1 aliphatic heterocycles. The minimum atomic E-state index is -0.796. The first-order valence-corrected chi connectivity index (χ1v) is 11.6. The molecule has 2 heterocycles. The summed E-state index contributed by atoms with van der Waals surface area (Å²) in [6.07, 6.45) is 1.82. The van der Waals surface area contributed by atoms with Gasteiger partial charge in [-0.2, -0.15) is 15.5 Å². The van der Waals surface area contributed by atoms with E-state index in [1.807, 2.05) is 79.0 Å². The van der Waals surface area contributed by atoms with Crippen molar-refractivity contribution < 1.29 is 4.79 Å². The molecule has 0 saturated carbocycles. The number of carbonyl (C=O) groups excluding carboxylic acids is 1. The van der Waals surface area contributed by atoms with E-state index in [1.165, 1.54) is 11.9 Å². The van der Waals surface area contributed by atoms with Crippen molar-refractivity contribution in [2.24, 2.45) is 10.8 Å². The van der Waals surface area contributed by atoms with Crippen molar-refractivity contribution in [3.8, 4) is 23.0 Å². The first-order valence-electron chi connectivity index (χ1n) is 11.2. The Morgan fingerprint density at radius 1 is 0.972 bits per heavy atom. The second kappa shape index (κ2) is 9.53. The van der Waals surface area contributed by atoms with Crippen molar-refractivity contribution >= 4 is 28.8 Å². The van der Waals surface area contributed by atoms with Crippen LogP contribution in [0.4, 0.5) is 5.69 Å². The molecule has 3 aromatic carbocycles. The normalized spacial score (nSPS) is 15.4. The molecule has 4 aromatic rings. The summed E-state index contributed by atoms with van der Waals surface area (Å²) < 4.78 is 1.73. The van der Waals surface area contributed by atoms with Crippen LogP contribution in [0.2, 0.25) is 5.02 Å². The fourth-order valence-corrected chi connectivity index (χ4v) is 4.35. The minimum Gasteiger partial charge on any atom is -0.383 e. The molecule has 2 N–H and O–H groups in total. The van der Waals surface area contributed by atoms with Crippen molar-refractivity contribution in [3.63, 3.8) is 0 Å². The van der Waals surface area contributed by atoms with E-state index >= 15 is 0 Å². The van der Waals surface area contributed by atoms with Gasteiger partial charge in [-0.3, -0.25) is 4.79 Å². The van der Waals surface area contributed by atoms with Gasteiger partial charge >= 0.3 is 0 Å². The van der Waals surface area contributed by atoms with Crippen LogP contribution in [0.1, 0.15) is 18.4 Å². The highest BCUT2D eigenvalue weighted by Gasteiger charge is 2.37. The molecule has 8 heteroatoms. The van der Waals surface area contributed by atoms with Crippen molar-refractivity contribution in [2.75, 3.05) is 5.01 Å². The third-order valence-electron chi connectivity index (χ3n) is 5.95. The zero-order chi connectivity index (χ0) is 25.2. The Morgan fingerprint density at radius 3 is 2.17 bits per heavy atom. The SMILES string of the molecule is CC(=O)C1=NN(c2ccccc2)C(N)=C(C#N)C1c1cn(-c2ccccc2)nc1-c1ccc(Cl)cc1. The van der Waals surface area contributed by atoms with Gasteiger partial charge in [0.2, 0.25) is 0 Å². The number of halogens is 1. The van der Waals surface area contributed by atoms with Crippen LogP contribution in [0.25, 0.3) is 16.9 Å². The Bertz CT molecular complexity index is 1530. The lowest BCUT2D eigenvalue weighted by Crippen LogP contribution is -2.36. The van der Waals surface area contributed by atoms with E-state index in [4.69, 9.17) is 22.4 Å². The number of benzene rings is 3. The summed E-state index contributed by atoms with van der Waals surface area (Å²) in [5.74, 6) is -0.903. The smallest absolute Gasteiger partial charge is 0.176 e. The molecule has 176 valence electrons. The standard InChI is InChI=1S/C28H21ClN6O/c1-18(36)26-25(23(16-30)28(31)35(33-26)22-10-6-3-7-11-22)24-17-34(21-8-4-2-5-9-21)32-27(24)19-12-14-20(29)15-13-19/h2-15,17,25H,31H2,1H3. The largest absolute Gasteiger partial charge is 0.383 e. The molecule has 0 spiro atoms. The number of hydrogen-bond donors (Lipinski definition) is 1. The maximum absolute atomic E-state index is 12.9. The maximum Gasteiger partial charge on any atom is 0.176 e. The number of hydrogen-bond acceptors (Lipinski definition) is 6. The number of nitriles is 1. The van der Waals surface area contributed by atoms with Gasteiger partial charge in [-0.25, -0.2) is 9.69 Å². The third-order valence-corrected chi connectivity index (χ3v) is 6.20. The molecule has 1 atom stereocenters. The molecule has 7 nitrogen and oxygen atoms in total. The second-order valence-corrected chi connectivity index (χ2v) is 8.69. The number of carbonyl (C=O) groups is 1. The number of para-hydroxylation sites is 2. The van der Waals surface area contributed by atoms with Gasteiger partial charge in [0.05, 0.1) is 34.6 Å². The van der Waals surface area contributed by atoms with Gasteiger partial charge in [0.1, 0.15) is 11.5 Å². The molecule has 0 saturated heterocycles. The van der Waals surface area contributed by atoms with Crippen molar-refractivity contribution in [1.29, 1.82) is 5.26 Å². The van der Waals surface area contributed by atoms with Crippen LogP contribution >= 0.6 is 11.6 Å². The highest BCUT2D eigenvalue weighted by atomic mass is 35.5. The monoisotopic (exact) mass is 492 g/mol. The zero-order valence-corrected chi connectivity index (χ0v) is 20.1. The lowest BCUT2D eigenvalue weighted by molar-refractivity contribution is -0.111. The molecule has 1 unspecified atom stereocenters. The number of nitrogens with two attached hydrogens (primary N) is 1. The Labute approximate surface area is 213 Å². The molecule has 1 aromatic heterocycles. The number of hydrazone groups is 1. The first-order chi connectivity index (χ1) is 17.5. The summed E-state index contributed by atoms with van der Waals surface area (Å²) in [4.78, 5) is 12.9. The summed E-state index contributed by atoms with van der Waals surface area (Å²) in [6.45, 7) is 1.44. The molecule has 0 bridgehead atoms. The number of rotatable bonds is 5. The lowest BCUT2D eigenvalue weighted by atomic mass is 9.83. The van der Waals surface area contributed by atoms with Gasteiger partial charge in [0.15, 0.2) is 5.78 Å². The highest BCUT2D eigenvalue weighted by molar-refractivity contribution is 6.42. The van der Waals surface area contributed by atoms with Crippen LogP contribution in [0, 0.1) is 11.3 Å². The number of aromatic nitrogens is 2. The summed E-state index contributed by atoms with van der Waals surface area (Å²) in [5, 5.41) is 21.8. The average Bonchev–Trinajstić information content (AvgIpc) is 3.34. The lowest BCUT2D eigenvalue weighted by Gasteiger charge is -2.30. The van der Waals surface area contributed by atoms with Gasteiger partial charge in [-0.05, 0) is 36.4 Å². The molecule has 36 heavy (non-hydrogen) atoms. The second-order valence-electron chi connectivity index (χ2n) is 8.25. The number of Topliss-reactive ketones (excluding diaryl/α,β-unsaturated/α-hetero) is 1. The van der Waals surface area contributed by atoms with Gasteiger partial charge in [-0.15, -0.1) is 0 Å². The molecular weight excluding hydrogens is 472 g/mol. The summed E-state index contributed by atoms with van der Waals surface area (Å²) >= 11 is 6.13. The van der Waals surface area contributed by atoms with E-state index in [9.17, 15) is 10.1 Å². The molecule has 5 rings (SSSR count). The Kier molecular flexibility index (Phi) is 6.11. The van der Waals surface area contributed by atoms with Crippen LogP contribution < -0.4 is 10.7 Å². The van der Waals surface area contributed by atoms with Crippen LogP contribution in [-0.4, -0.2) is 21.3 Å². The summed E-state index contributed by atoms with van der Waals surface area (Å²) in [6, 6.07) is 28.3. The number of nitrogens with zero attached hydrogens (tertiary/aromatic N) is 5. The van der Waals surface area contributed by atoms with Crippen molar-refractivity contribution in [1.82, 2.24) is 9.78 Å². The molecule has 0 radical (unpaired) electrons. The van der Waals surface area contributed by atoms with E-state index < -0.39 is 5.92 Å². The van der Waals surface area contributed by atoms with Gasteiger partial charge < -0.3 is 5.73 Å². The topological polar surface area (TPSA) is 100 Å². The average molecular weight is 493 g/mol. The molecule has 0 fully saturated rings. The predicted molar refractivity (Wildman–Crippen MR) is 141 cm³/mol. The fraction of sp³-hybridized carbons (Fsp3) is 0.0714. The molecule has 1 aliphatic rings. The Morgan fingerprint density at radius 2 is 1.58 bits per heavy atom. The number of anilines is 1. The van der Waals surface area contributed by atoms with Crippen LogP contribution in [-0.2, 0) is 4.79 Å². The van der Waals surface area contributed by atoms with Gasteiger partial charge in [0, 0.05) is 29.3 Å². The van der Waals surface area contributed by atoms with Crippen LogP contribution in [0.5, 0.6) is 0 Å². The van der Waals surface area contributed by atoms with Crippen LogP contribution in [0.15, 0.2) is 108 Å². The zero-order valence-electron chi connectivity index (χ0n) is 19.3. The van der Waals surface area contributed by atoms with Crippen molar-refractivity contribution in [2.45, 2.75) is 12.8 Å². The summed E-state index contributed by atoms with van der Waals surface area (Å²) in [7, 11) is 0. The Balaban J connectivity index is 1.74. The number of allylic oxidation sites excluding steroid dienone is 1. The maximum atomic E-state index is 12.9. The van der Waals surface area contributed by atoms with E-state index in [-0.39, 0.29) is 22.9 Å². The van der Waals surface area contributed by atoms with E-state index in [1.54, 1.807) is 16.8 Å². The van der Waals surface area contributed by atoms with E-state index in [2.05, 4.69) is 11.2 Å². The Hall–Kier alpha value is -4.67. The quantitative estimate of drug-likeness (QED) is 0.400. The predicted octanol–water partition coefficient (Wildman–Crippen LogP) is 5.44. The first kappa shape index (κ1) is 23.1. The van der Waals surface area contributed by atoms with Gasteiger partial charge in [-0.1, -0.05) is 60.1 Å². The molecule has 0 aliphatic carbocycles. The highest BCUT2D eigenvalue weighted by Crippen LogP contribution is 2.39. The minimum absolute atomic E-state index is 0.160. The molecule has 0 amide bonds. The van der Waals surface area contributed by atoms with Gasteiger partial charge in [0.25, 0.3) is 0 Å². The third kappa shape index (κ3) is 4.15. The fourth-order valence-electron chi connectivity index (χ4n) is 4.23.